The minimum Gasteiger partial charge on any atom is -0.485 e. The van der Waals surface area contributed by atoms with Crippen LogP contribution >= 0.6 is 22.9 Å². The largest absolute Gasteiger partial charge is 0.485 e. The van der Waals surface area contributed by atoms with Gasteiger partial charge in [0, 0.05) is 41.6 Å². The lowest BCUT2D eigenvalue weighted by Gasteiger charge is -2.37. The Bertz CT molecular complexity index is 1190. The van der Waals surface area contributed by atoms with Gasteiger partial charge in [0.25, 0.3) is 11.8 Å². The van der Waals surface area contributed by atoms with Crippen molar-refractivity contribution in [2.75, 3.05) is 32.8 Å². The summed E-state index contributed by atoms with van der Waals surface area (Å²) in [5.74, 6) is 0.994. The van der Waals surface area contributed by atoms with Crippen molar-refractivity contribution in [2.24, 2.45) is 0 Å². The number of carbonyl (C=O) groups is 2. The average molecular weight is 484 g/mol. The second-order valence-corrected chi connectivity index (χ2v) is 9.55. The molecule has 1 atom stereocenters. The highest BCUT2D eigenvalue weighted by molar-refractivity contribution is 7.15. The third-order valence-corrected chi connectivity index (χ3v) is 7.02. The molecule has 7 nitrogen and oxygen atoms in total. The maximum Gasteiger partial charge on any atom is 0.273 e. The zero-order valence-corrected chi connectivity index (χ0v) is 19.6. The number of aryl methyl sites for hydroxylation is 1. The molecule has 3 heterocycles. The first-order valence-electron chi connectivity index (χ1n) is 10.7. The first kappa shape index (κ1) is 21.7. The summed E-state index contributed by atoms with van der Waals surface area (Å²) in [6, 6.07) is 14.7. The average Bonchev–Trinajstić information content (AvgIpc) is 3.24. The minimum absolute atomic E-state index is 0.109. The Morgan fingerprint density at radius 2 is 1.67 bits per heavy atom. The number of thiazole rings is 1. The first-order valence-corrected chi connectivity index (χ1v) is 11.9. The fourth-order valence-electron chi connectivity index (χ4n) is 3.94. The molecule has 3 aromatic rings. The number of amides is 2. The highest BCUT2D eigenvalue weighted by atomic mass is 35.5. The van der Waals surface area contributed by atoms with Crippen LogP contribution < -0.4 is 9.47 Å². The van der Waals surface area contributed by atoms with Crippen molar-refractivity contribution < 1.29 is 19.1 Å². The van der Waals surface area contributed by atoms with E-state index < -0.39 is 6.10 Å². The van der Waals surface area contributed by atoms with E-state index in [2.05, 4.69) is 4.98 Å². The van der Waals surface area contributed by atoms with E-state index in [1.807, 2.05) is 49.4 Å². The first-order chi connectivity index (χ1) is 16.0. The number of fused-ring (bicyclic) bond motifs is 1. The van der Waals surface area contributed by atoms with Gasteiger partial charge in [-0.05, 0) is 31.2 Å². The molecule has 2 aromatic carbocycles. The molecule has 0 spiro atoms. The number of hydrogen-bond donors (Lipinski definition) is 0. The Morgan fingerprint density at radius 3 is 2.39 bits per heavy atom. The van der Waals surface area contributed by atoms with Gasteiger partial charge >= 0.3 is 0 Å². The van der Waals surface area contributed by atoms with Crippen molar-refractivity contribution in [1.29, 1.82) is 0 Å². The normalized spacial score (nSPS) is 17.7. The van der Waals surface area contributed by atoms with Crippen LogP contribution in [0.5, 0.6) is 11.5 Å². The Morgan fingerprint density at radius 1 is 1.00 bits per heavy atom. The van der Waals surface area contributed by atoms with Crippen LogP contribution in [0.25, 0.3) is 10.6 Å². The van der Waals surface area contributed by atoms with Gasteiger partial charge in [-0.15, -0.1) is 11.3 Å². The van der Waals surface area contributed by atoms with Crippen LogP contribution in [0.1, 0.15) is 15.4 Å². The van der Waals surface area contributed by atoms with E-state index >= 15 is 0 Å². The number of rotatable bonds is 3. The second kappa shape index (κ2) is 9.03. The van der Waals surface area contributed by atoms with E-state index in [4.69, 9.17) is 21.1 Å². The maximum atomic E-state index is 13.1. The molecule has 1 saturated heterocycles. The van der Waals surface area contributed by atoms with Crippen LogP contribution in [0.3, 0.4) is 0 Å². The lowest BCUT2D eigenvalue weighted by atomic mass is 10.2. The number of piperazine rings is 1. The highest BCUT2D eigenvalue weighted by Gasteiger charge is 2.34. The quantitative estimate of drug-likeness (QED) is 0.565. The van der Waals surface area contributed by atoms with Crippen LogP contribution in [0.4, 0.5) is 0 Å². The maximum absolute atomic E-state index is 13.1. The van der Waals surface area contributed by atoms with Gasteiger partial charge in [0.2, 0.25) is 6.10 Å². The number of nitrogens with zero attached hydrogens (tertiary/aromatic N) is 3. The van der Waals surface area contributed by atoms with Crippen molar-refractivity contribution in [3.05, 3.63) is 64.1 Å². The van der Waals surface area contributed by atoms with Gasteiger partial charge in [-0.1, -0.05) is 35.9 Å². The molecule has 1 aromatic heterocycles. The predicted octanol–water partition coefficient (Wildman–Crippen LogP) is 3.90. The molecule has 0 saturated carbocycles. The summed E-state index contributed by atoms with van der Waals surface area (Å²) in [5, 5.41) is 1.45. The zero-order valence-electron chi connectivity index (χ0n) is 18.0. The predicted molar refractivity (Wildman–Crippen MR) is 126 cm³/mol. The lowest BCUT2D eigenvalue weighted by Crippen LogP contribution is -2.55. The second-order valence-electron chi connectivity index (χ2n) is 7.91. The van der Waals surface area contributed by atoms with Crippen molar-refractivity contribution in [3.63, 3.8) is 0 Å². The molecule has 1 fully saturated rings. The molecule has 0 bridgehead atoms. The molecule has 0 N–H and O–H groups in total. The molecule has 0 aliphatic carbocycles. The molecule has 0 radical (unpaired) electrons. The van der Waals surface area contributed by atoms with Gasteiger partial charge in [-0.3, -0.25) is 9.59 Å². The number of aromatic nitrogens is 1. The van der Waals surface area contributed by atoms with Crippen molar-refractivity contribution in [3.8, 4) is 22.1 Å². The summed E-state index contributed by atoms with van der Waals surface area (Å²) in [7, 11) is 0. The minimum atomic E-state index is -0.676. The van der Waals surface area contributed by atoms with Gasteiger partial charge in [0.15, 0.2) is 11.5 Å². The summed E-state index contributed by atoms with van der Waals surface area (Å²) in [4.78, 5) is 35.0. The van der Waals surface area contributed by atoms with E-state index in [1.54, 1.807) is 15.9 Å². The van der Waals surface area contributed by atoms with E-state index in [0.29, 0.717) is 48.4 Å². The molecule has 33 heavy (non-hydrogen) atoms. The monoisotopic (exact) mass is 483 g/mol. The van der Waals surface area contributed by atoms with Crippen LogP contribution in [0.15, 0.2) is 48.5 Å². The van der Waals surface area contributed by atoms with Gasteiger partial charge in [-0.2, -0.15) is 0 Å². The summed E-state index contributed by atoms with van der Waals surface area (Å²) in [6.45, 7) is 3.87. The molecule has 170 valence electrons. The smallest absolute Gasteiger partial charge is 0.273 e. The molecular formula is C24H22ClN3O4S. The number of para-hydroxylation sites is 2. The third kappa shape index (κ3) is 4.41. The summed E-state index contributed by atoms with van der Waals surface area (Å²) in [6.07, 6.45) is -0.676. The standard InChI is InChI=1S/C24H22ClN3O4S/c1-15-21(26-22(33-15)16-6-8-17(25)9-7-16)24(30)28-12-10-27(11-13-28)23(29)20-14-31-18-4-2-3-5-19(18)32-20/h2-9,20H,10-14H2,1H3/t20-/m1/s1. The van der Waals surface area contributed by atoms with Gasteiger partial charge < -0.3 is 19.3 Å². The van der Waals surface area contributed by atoms with E-state index in [9.17, 15) is 9.59 Å². The van der Waals surface area contributed by atoms with Crippen molar-refractivity contribution in [1.82, 2.24) is 14.8 Å². The fourth-order valence-corrected chi connectivity index (χ4v) is 4.97. The van der Waals surface area contributed by atoms with Crippen LogP contribution in [0.2, 0.25) is 5.02 Å². The van der Waals surface area contributed by atoms with Crippen LogP contribution in [0, 0.1) is 6.92 Å². The third-order valence-electron chi connectivity index (χ3n) is 5.75. The van der Waals surface area contributed by atoms with Gasteiger partial charge in [0.1, 0.15) is 17.3 Å². The lowest BCUT2D eigenvalue weighted by molar-refractivity contribution is -0.142. The Kier molecular flexibility index (Phi) is 5.95. The number of hydrogen-bond acceptors (Lipinski definition) is 6. The molecule has 2 amide bonds. The van der Waals surface area contributed by atoms with Crippen LogP contribution in [-0.2, 0) is 4.79 Å². The van der Waals surface area contributed by atoms with E-state index in [0.717, 1.165) is 15.4 Å². The fraction of sp³-hybridized carbons (Fsp3) is 0.292. The SMILES string of the molecule is Cc1sc(-c2ccc(Cl)cc2)nc1C(=O)N1CCN(C(=O)[C@H]2COc3ccccc3O2)CC1. The number of halogens is 1. The summed E-state index contributed by atoms with van der Waals surface area (Å²) >= 11 is 7.46. The molecular weight excluding hydrogens is 462 g/mol. The van der Waals surface area contributed by atoms with Gasteiger partial charge in [-0.25, -0.2) is 4.98 Å². The van der Waals surface area contributed by atoms with Crippen LogP contribution in [-0.4, -0.2) is 65.5 Å². The molecule has 0 unspecified atom stereocenters. The topological polar surface area (TPSA) is 72.0 Å². The molecule has 2 aliphatic heterocycles. The van der Waals surface area contributed by atoms with Crippen molar-refractivity contribution >= 4 is 34.8 Å². The summed E-state index contributed by atoms with van der Waals surface area (Å²) in [5.41, 5.74) is 1.39. The molecule has 5 rings (SSSR count). The Balaban J connectivity index is 1.21. The number of carbonyl (C=O) groups excluding carboxylic acids is 2. The Labute approximate surface area is 200 Å². The van der Waals surface area contributed by atoms with Crippen molar-refractivity contribution in [2.45, 2.75) is 13.0 Å². The van der Waals surface area contributed by atoms with E-state index in [1.165, 1.54) is 11.3 Å². The number of benzene rings is 2. The van der Waals surface area contributed by atoms with E-state index in [-0.39, 0.29) is 18.4 Å². The summed E-state index contributed by atoms with van der Waals surface area (Å²) < 4.78 is 11.5. The Hall–Kier alpha value is -3.10. The zero-order chi connectivity index (χ0) is 22.9. The van der Waals surface area contributed by atoms with Gasteiger partial charge in [0.05, 0.1) is 0 Å². The molecule has 2 aliphatic rings. The highest BCUT2D eigenvalue weighted by Crippen LogP contribution is 2.32. The number of ether oxygens (including phenoxy) is 2. The molecule has 9 heteroatoms.